The van der Waals surface area contributed by atoms with Crippen molar-refractivity contribution in [2.24, 2.45) is 0 Å². The second-order valence-corrected chi connectivity index (χ2v) is 5.65. The first kappa shape index (κ1) is 15.9. The quantitative estimate of drug-likeness (QED) is 0.661. The molecule has 0 N–H and O–H groups in total. The number of carbonyl (C=O) groups excluding carboxylic acids is 1. The van der Waals surface area contributed by atoms with Crippen LogP contribution < -0.4 is 0 Å². The Morgan fingerprint density at radius 2 is 1.79 bits per heavy atom. The number of nitrogens with zero attached hydrogens (tertiary/aromatic N) is 1. The van der Waals surface area contributed by atoms with E-state index in [0.29, 0.717) is 5.56 Å². The Labute approximate surface area is 142 Å². The van der Waals surface area contributed by atoms with Crippen LogP contribution in [-0.4, -0.2) is 18.1 Å². The molecule has 0 radical (unpaired) electrons. The Kier molecular flexibility index (Phi) is 5.02. The Bertz CT molecular complexity index is 761. The monoisotopic (exact) mass is 317 g/mol. The third-order valence-electron chi connectivity index (χ3n) is 4.08. The number of rotatable bonds is 5. The molecule has 1 unspecified atom stereocenters. The van der Waals surface area contributed by atoms with E-state index in [9.17, 15) is 4.79 Å². The maximum atomic E-state index is 11.8. The number of benzene rings is 2. The summed E-state index contributed by atoms with van der Waals surface area (Å²) >= 11 is 0. The molecule has 0 saturated carbocycles. The van der Waals surface area contributed by atoms with Gasteiger partial charge in [0.05, 0.1) is 12.7 Å². The first-order valence-electron chi connectivity index (χ1n) is 7.90. The van der Waals surface area contributed by atoms with Gasteiger partial charge in [-0.05, 0) is 41.3 Å². The fourth-order valence-electron chi connectivity index (χ4n) is 2.87. The van der Waals surface area contributed by atoms with E-state index in [1.807, 2.05) is 48.7 Å². The zero-order valence-corrected chi connectivity index (χ0v) is 13.6. The van der Waals surface area contributed by atoms with Gasteiger partial charge in [0, 0.05) is 18.3 Å². The van der Waals surface area contributed by atoms with Crippen LogP contribution in [0.4, 0.5) is 0 Å². The number of aromatic nitrogens is 1. The zero-order chi connectivity index (χ0) is 16.8. The van der Waals surface area contributed by atoms with Crippen LogP contribution in [0.15, 0.2) is 79.1 Å². The number of pyridine rings is 1. The van der Waals surface area contributed by atoms with E-state index in [2.05, 4.69) is 23.2 Å². The molecule has 0 aliphatic rings. The summed E-state index contributed by atoms with van der Waals surface area (Å²) in [6.07, 6.45) is 4.48. The van der Waals surface area contributed by atoms with Crippen molar-refractivity contribution in [3.05, 3.63) is 101 Å². The molecule has 0 aliphatic heterocycles. The van der Waals surface area contributed by atoms with Crippen LogP contribution in [0.3, 0.4) is 0 Å². The first-order valence-corrected chi connectivity index (χ1v) is 7.90. The van der Waals surface area contributed by atoms with Gasteiger partial charge in [0.25, 0.3) is 0 Å². The topological polar surface area (TPSA) is 39.2 Å². The molecule has 0 amide bonds. The van der Waals surface area contributed by atoms with Crippen molar-refractivity contribution < 1.29 is 9.53 Å². The van der Waals surface area contributed by atoms with E-state index in [4.69, 9.17) is 4.74 Å². The Morgan fingerprint density at radius 3 is 2.50 bits per heavy atom. The van der Waals surface area contributed by atoms with Crippen LogP contribution in [0.1, 0.15) is 33.0 Å². The lowest BCUT2D eigenvalue weighted by atomic mass is 9.86. The number of carbonyl (C=O) groups is 1. The van der Waals surface area contributed by atoms with Crippen molar-refractivity contribution in [3.63, 3.8) is 0 Å². The standard InChI is InChI=1S/C21H19NO2/c1-24-21(23)18-10-5-7-16(13-18)14-20(17-8-3-2-4-9-17)19-11-6-12-22-15-19/h2-13,15,20H,14H2,1H3. The summed E-state index contributed by atoms with van der Waals surface area (Å²) in [6.45, 7) is 0. The predicted octanol–water partition coefficient (Wildman–Crippen LogP) is 4.24. The smallest absolute Gasteiger partial charge is 0.337 e. The highest BCUT2D eigenvalue weighted by molar-refractivity contribution is 5.89. The average molecular weight is 317 g/mol. The molecular weight excluding hydrogens is 298 g/mol. The van der Waals surface area contributed by atoms with E-state index in [0.717, 1.165) is 17.5 Å². The van der Waals surface area contributed by atoms with Crippen molar-refractivity contribution in [1.82, 2.24) is 4.98 Å². The zero-order valence-electron chi connectivity index (χ0n) is 13.6. The third kappa shape index (κ3) is 3.69. The molecule has 1 atom stereocenters. The highest BCUT2D eigenvalue weighted by atomic mass is 16.5. The first-order chi connectivity index (χ1) is 11.8. The van der Waals surface area contributed by atoms with Crippen LogP contribution in [0.5, 0.6) is 0 Å². The minimum atomic E-state index is -0.311. The van der Waals surface area contributed by atoms with Gasteiger partial charge in [-0.1, -0.05) is 48.5 Å². The number of ether oxygens (including phenoxy) is 1. The van der Waals surface area contributed by atoms with E-state index in [1.165, 1.54) is 12.7 Å². The summed E-state index contributed by atoms with van der Waals surface area (Å²) < 4.78 is 4.82. The van der Waals surface area contributed by atoms with Crippen LogP contribution in [0.2, 0.25) is 0 Å². The van der Waals surface area contributed by atoms with Gasteiger partial charge in [0.15, 0.2) is 0 Å². The number of hydrogen-bond acceptors (Lipinski definition) is 3. The molecule has 0 spiro atoms. The van der Waals surface area contributed by atoms with E-state index >= 15 is 0 Å². The second kappa shape index (κ2) is 7.55. The molecule has 3 nitrogen and oxygen atoms in total. The van der Waals surface area contributed by atoms with E-state index in [1.54, 1.807) is 12.3 Å². The fourth-order valence-corrected chi connectivity index (χ4v) is 2.87. The second-order valence-electron chi connectivity index (χ2n) is 5.65. The van der Waals surface area contributed by atoms with Gasteiger partial charge >= 0.3 is 5.97 Å². The molecule has 1 heterocycles. The molecule has 120 valence electrons. The van der Waals surface area contributed by atoms with Crippen LogP contribution >= 0.6 is 0 Å². The molecule has 2 aromatic carbocycles. The Morgan fingerprint density at radius 1 is 1.00 bits per heavy atom. The molecule has 3 heteroatoms. The summed E-state index contributed by atoms with van der Waals surface area (Å²) in [6, 6.07) is 22.0. The molecule has 0 saturated heterocycles. The maximum Gasteiger partial charge on any atom is 0.337 e. The van der Waals surface area contributed by atoms with Gasteiger partial charge in [0.2, 0.25) is 0 Å². The van der Waals surface area contributed by atoms with Crippen molar-refractivity contribution in [2.45, 2.75) is 12.3 Å². The van der Waals surface area contributed by atoms with Crippen LogP contribution in [0.25, 0.3) is 0 Å². The van der Waals surface area contributed by atoms with Gasteiger partial charge in [0.1, 0.15) is 0 Å². The van der Waals surface area contributed by atoms with Gasteiger partial charge in [-0.15, -0.1) is 0 Å². The lowest BCUT2D eigenvalue weighted by Gasteiger charge is -2.18. The van der Waals surface area contributed by atoms with Crippen LogP contribution in [0, 0.1) is 0 Å². The predicted molar refractivity (Wildman–Crippen MR) is 94.0 cm³/mol. The molecule has 0 bridgehead atoms. The molecule has 0 aliphatic carbocycles. The lowest BCUT2D eigenvalue weighted by molar-refractivity contribution is 0.0600. The van der Waals surface area contributed by atoms with Crippen molar-refractivity contribution in [3.8, 4) is 0 Å². The highest BCUT2D eigenvalue weighted by Gasteiger charge is 2.16. The SMILES string of the molecule is COC(=O)c1cccc(CC(c2ccccc2)c2cccnc2)c1. The largest absolute Gasteiger partial charge is 0.465 e. The fraction of sp³-hybridized carbons (Fsp3) is 0.143. The van der Waals surface area contributed by atoms with Gasteiger partial charge in [-0.3, -0.25) is 4.98 Å². The lowest BCUT2D eigenvalue weighted by Crippen LogP contribution is -2.07. The minimum Gasteiger partial charge on any atom is -0.465 e. The molecule has 1 aromatic heterocycles. The summed E-state index contributed by atoms with van der Waals surface area (Å²) in [5, 5.41) is 0. The molecular formula is C21H19NO2. The maximum absolute atomic E-state index is 11.8. The molecule has 24 heavy (non-hydrogen) atoms. The highest BCUT2D eigenvalue weighted by Crippen LogP contribution is 2.28. The average Bonchev–Trinajstić information content (AvgIpc) is 2.67. The molecule has 3 rings (SSSR count). The van der Waals surface area contributed by atoms with Gasteiger partial charge in [-0.25, -0.2) is 4.79 Å². The van der Waals surface area contributed by atoms with Crippen LogP contribution in [-0.2, 0) is 11.2 Å². The van der Waals surface area contributed by atoms with Crippen molar-refractivity contribution in [1.29, 1.82) is 0 Å². The third-order valence-corrected chi connectivity index (χ3v) is 4.08. The van der Waals surface area contributed by atoms with E-state index in [-0.39, 0.29) is 11.9 Å². The van der Waals surface area contributed by atoms with Crippen molar-refractivity contribution >= 4 is 5.97 Å². The van der Waals surface area contributed by atoms with Gasteiger partial charge < -0.3 is 4.74 Å². The Balaban J connectivity index is 1.95. The summed E-state index contributed by atoms with van der Waals surface area (Å²) in [4.78, 5) is 16.0. The summed E-state index contributed by atoms with van der Waals surface area (Å²) in [5.74, 6) is -0.123. The number of methoxy groups -OCH3 is 1. The summed E-state index contributed by atoms with van der Waals surface area (Å²) in [7, 11) is 1.40. The van der Waals surface area contributed by atoms with E-state index < -0.39 is 0 Å². The normalized spacial score (nSPS) is 11.7. The summed E-state index contributed by atoms with van der Waals surface area (Å²) in [5.41, 5.74) is 4.06. The number of hydrogen-bond donors (Lipinski definition) is 0. The Hall–Kier alpha value is -2.94. The van der Waals surface area contributed by atoms with Crippen molar-refractivity contribution in [2.75, 3.05) is 7.11 Å². The molecule has 0 fully saturated rings. The van der Waals surface area contributed by atoms with Gasteiger partial charge in [-0.2, -0.15) is 0 Å². The number of esters is 1. The minimum absolute atomic E-state index is 0.188. The molecule has 3 aromatic rings.